The number of aromatic nitrogens is 2. The molecule has 0 amide bonds. The van der Waals surface area contributed by atoms with E-state index < -0.39 is 45.7 Å². The van der Waals surface area contributed by atoms with Crippen molar-refractivity contribution in [3.05, 3.63) is 53.6 Å². The lowest BCUT2D eigenvalue weighted by molar-refractivity contribution is -0.266. The predicted octanol–water partition coefficient (Wildman–Crippen LogP) is 5.81. The highest BCUT2D eigenvalue weighted by atomic mass is 32.2. The van der Waals surface area contributed by atoms with Crippen LogP contribution in [-0.2, 0) is 21.7 Å². The molecule has 11 heteroatoms. The van der Waals surface area contributed by atoms with Gasteiger partial charge in [0.05, 0.1) is 17.5 Å². The lowest BCUT2D eigenvalue weighted by Crippen LogP contribution is -2.51. The first-order valence-corrected chi connectivity index (χ1v) is 13.8. The van der Waals surface area contributed by atoms with E-state index in [0.717, 1.165) is 0 Å². The molecule has 0 saturated heterocycles. The summed E-state index contributed by atoms with van der Waals surface area (Å²) >= 11 is 1.29. The van der Waals surface area contributed by atoms with Crippen LogP contribution in [0.25, 0.3) is 10.9 Å². The fraction of sp³-hybridized carbons (Fsp3) is 0.458. The van der Waals surface area contributed by atoms with Gasteiger partial charge in [0.1, 0.15) is 5.82 Å². The quantitative estimate of drug-likeness (QED) is 0.268. The molecule has 192 valence electrons. The summed E-state index contributed by atoms with van der Waals surface area (Å²) in [6.07, 6.45) is -3.09. The maximum Gasteiger partial charge on any atom is 0.417 e. The zero-order valence-corrected chi connectivity index (χ0v) is 21.5. The molecule has 0 aliphatic rings. The number of rotatable bonds is 9. The molecule has 0 fully saturated rings. The molecule has 0 aliphatic heterocycles. The Morgan fingerprint density at radius 1 is 1.14 bits per heavy atom. The second kappa shape index (κ2) is 9.74. The van der Waals surface area contributed by atoms with Gasteiger partial charge in [-0.1, -0.05) is 20.8 Å². The molecule has 0 bridgehead atoms. The van der Waals surface area contributed by atoms with Crippen LogP contribution in [0.2, 0.25) is 0 Å². The number of fused-ring (bicyclic) bond motifs is 1. The number of pyridine rings is 1. The first-order valence-electron chi connectivity index (χ1n) is 11.0. The Bertz CT molecular complexity index is 1320. The van der Waals surface area contributed by atoms with Gasteiger partial charge in [-0.15, -0.1) is 11.8 Å². The number of H-pyrrole nitrogens is 1. The smallest absolute Gasteiger partial charge is 0.380 e. The largest absolute Gasteiger partial charge is 0.417 e. The summed E-state index contributed by atoms with van der Waals surface area (Å²) in [6, 6.07) is 6.67. The van der Waals surface area contributed by atoms with Gasteiger partial charge in [-0.3, -0.25) is 0 Å². The lowest BCUT2D eigenvalue weighted by atomic mass is 9.73. The van der Waals surface area contributed by atoms with E-state index in [2.05, 4.69) is 9.97 Å². The Labute approximate surface area is 206 Å². The van der Waals surface area contributed by atoms with Crippen molar-refractivity contribution in [2.75, 3.05) is 12.0 Å². The zero-order valence-electron chi connectivity index (χ0n) is 19.8. The number of aliphatic hydroxyl groups is 1. The monoisotopic (exact) mass is 532 g/mol. The second-order valence-corrected chi connectivity index (χ2v) is 12.2. The molecule has 0 spiro atoms. The Balaban J connectivity index is 1.99. The number of aromatic amines is 1. The number of nitrogens with zero attached hydrogens (tertiary/aromatic N) is 1. The number of halogens is 4. The zero-order chi connectivity index (χ0) is 26.2. The summed E-state index contributed by atoms with van der Waals surface area (Å²) in [5.74, 6) is -0.664. The molecule has 1 unspecified atom stereocenters. The van der Waals surface area contributed by atoms with Crippen molar-refractivity contribution in [2.24, 2.45) is 0 Å². The molecular formula is C24H28F4N2O3S2. The Hall–Kier alpha value is -2.11. The fourth-order valence-electron chi connectivity index (χ4n) is 4.32. The van der Waals surface area contributed by atoms with Crippen molar-refractivity contribution in [1.82, 2.24) is 9.97 Å². The summed E-state index contributed by atoms with van der Waals surface area (Å²) in [4.78, 5) is 7.37. The minimum atomic E-state index is -4.98. The Morgan fingerprint density at radius 2 is 1.83 bits per heavy atom. The number of benzene rings is 1. The van der Waals surface area contributed by atoms with Gasteiger partial charge in [-0.2, -0.15) is 13.2 Å². The van der Waals surface area contributed by atoms with Crippen molar-refractivity contribution in [1.29, 1.82) is 0 Å². The molecule has 35 heavy (non-hydrogen) atoms. The van der Waals surface area contributed by atoms with Crippen molar-refractivity contribution in [3.63, 3.8) is 0 Å². The number of sulfone groups is 1. The van der Waals surface area contributed by atoms with Gasteiger partial charge in [0.15, 0.2) is 20.5 Å². The maximum absolute atomic E-state index is 14.2. The molecular weight excluding hydrogens is 504 g/mol. The molecule has 2 N–H and O–H groups in total. The Morgan fingerprint density at radius 3 is 2.43 bits per heavy atom. The van der Waals surface area contributed by atoms with Crippen LogP contribution in [0.1, 0.15) is 44.9 Å². The summed E-state index contributed by atoms with van der Waals surface area (Å²) in [7, 11) is -3.60. The van der Waals surface area contributed by atoms with E-state index in [1.807, 2.05) is 0 Å². The van der Waals surface area contributed by atoms with Crippen LogP contribution >= 0.6 is 11.8 Å². The topological polar surface area (TPSA) is 83.0 Å². The number of hydrogen-bond donors (Lipinski definition) is 2. The van der Waals surface area contributed by atoms with Crippen molar-refractivity contribution in [2.45, 2.75) is 67.1 Å². The number of alkyl halides is 3. The van der Waals surface area contributed by atoms with Crippen molar-refractivity contribution >= 4 is 32.5 Å². The molecule has 0 saturated carbocycles. The maximum atomic E-state index is 14.2. The fourth-order valence-corrected chi connectivity index (χ4v) is 6.35. The summed E-state index contributed by atoms with van der Waals surface area (Å²) in [6.45, 7) is 4.80. The number of nitrogens with one attached hydrogen (secondary N) is 1. The van der Waals surface area contributed by atoms with Gasteiger partial charge in [0, 0.05) is 22.4 Å². The molecule has 1 atom stereocenters. The first kappa shape index (κ1) is 27.5. The van der Waals surface area contributed by atoms with E-state index in [4.69, 9.17) is 0 Å². The molecule has 0 radical (unpaired) electrons. The highest BCUT2D eigenvalue weighted by molar-refractivity contribution is 7.98. The molecule has 2 aromatic heterocycles. The van der Waals surface area contributed by atoms with Gasteiger partial charge in [-0.25, -0.2) is 17.8 Å². The number of hydrogen-bond acceptors (Lipinski definition) is 5. The molecule has 3 rings (SSSR count). The highest BCUT2D eigenvalue weighted by Gasteiger charge is 2.56. The van der Waals surface area contributed by atoms with E-state index in [1.165, 1.54) is 62.1 Å². The molecule has 5 nitrogen and oxygen atoms in total. The van der Waals surface area contributed by atoms with Gasteiger partial charge in [0.2, 0.25) is 0 Å². The van der Waals surface area contributed by atoms with Crippen molar-refractivity contribution in [3.8, 4) is 0 Å². The van der Waals surface area contributed by atoms with Crippen LogP contribution in [0.4, 0.5) is 17.6 Å². The van der Waals surface area contributed by atoms with Crippen LogP contribution in [0.15, 0.2) is 46.5 Å². The minimum Gasteiger partial charge on any atom is -0.380 e. The van der Waals surface area contributed by atoms with Gasteiger partial charge < -0.3 is 10.1 Å². The van der Waals surface area contributed by atoms with E-state index in [1.54, 1.807) is 13.2 Å². The predicted molar refractivity (Wildman–Crippen MR) is 129 cm³/mol. The van der Waals surface area contributed by atoms with Crippen LogP contribution in [0.5, 0.6) is 0 Å². The van der Waals surface area contributed by atoms with E-state index in [-0.39, 0.29) is 16.5 Å². The standard InChI is InChI=1S/C24H28F4N2O3S2/c1-5-8-35(32,33)21-10-15-9-17(30-19(15)13-29-21)12-23(31,24(26,27)28)14-22(2,3)18-11-16(25)6-7-20(18)34-4/h6-7,9-11,13,30-31H,5,8,12,14H2,1-4H3. The molecule has 2 heterocycles. The third kappa shape index (κ3) is 5.83. The van der Waals surface area contributed by atoms with Gasteiger partial charge >= 0.3 is 6.18 Å². The highest BCUT2D eigenvalue weighted by Crippen LogP contribution is 2.45. The normalized spacial score (nSPS) is 14.9. The van der Waals surface area contributed by atoms with Gasteiger partial charge in [-0.05, 0) is 60.4 Å². The van der Waals surface area contributed by atoms with Gasteiger partial charge in [0.25, 0.3) is 0 Å². The molecule has 1 aromatic carbocycles. The van der Waals surface area contributed by atoms with Crippen LogP contribution in [-0.4, -0.2) is 47.3 Å². The lowest BCUT2D eigenvalue weighted by Gasteiger charge is -2.38. The average molecular weight is 533 g/mol. The summed E-state index contributed by atoms with van der Waals surface area (Å²) < 4.78 is 81.3. The summed E-state index contributed by atoms with van der Waals surface area (Å²) in [5.41, 5.74) is -3.55. The number of thioether (sulfide) groups is 1. The van der Waals surface area contributed by atoms with Crippen LogP contribution in [0.3, 0.4) is 0 Å². The average Bonchev–Trinajstić information content (AvgIpc) is 3.13. The van der Waals surface area contributed by atoms with Crippen LogP contribution in [0, 0.1) is 5.82 Å². The third-order valence-corrected chi connectivity index (χ3v) is 8.57. The van der Waals surface area contributed by atoms with E-state index >= 15 is 0 Å². The Kier molecular flexibility index (Phi) is 7.65. The van der Waals surface area contributed by atoms with E-state index in [0.29, 0.717) is 27.8 Å². The van der Waals surface area contributed by atoms with Crippen LogP contribution < -0.4 is 0 Å². The van der Waals surface area contributed by atoms with E-state index in [9.17, 15) is 31.1 Å². The third-order valence-electron chi connectivity index (χ3n) is 5.96. The first-order chi connectivity index (χ1) is 16.1. The SMILES string of the molecule is CCCS(=O)(=O)c1cc2cc(CC(O)(CC(C)(C)c3cc(F)ccc3SC)C(F)(F)F)[nH]c2cn1. The molecule has 3 aromatic rings. The minimum absolute atomic E-state index is 0.0757. The molecule has 0 aliphatic carbocycles. The van der Waals surface area contributed by atoms with Crippen molar-refractivity contribution < 1.29 is 31.1 Å². The second-order valence-electron chi connectivity index (χ2n) is 9.33. The summed E-state index contributed by atoms with van der Waals surface area (Å²) in [5, 5.41) is 11.2.